The Bertz CT molecular complexity index is 715. The van der Waals surface area contributed by atoms with Crippen LogP contribution in [0.15, 0.2) is 41.1 Å². The number of nitrogens with one attached hydrogen (secondary N) is 1. The second kappa shape index (κ2) is 7.49. The van der Waals surface area contributed by atoms with Gasteiger partial charge >= 0.3 is 0 Å². The number of amides is 2. The number of phenolic OH excluding ortho intramolecular Hbond substituents is 1. The number of aromatic hydroxyl groups is 1. The van der Waals surface area contributed by atoms with E-state index in [9.17, 15) is 14.7 Å². The van der Waals surface area contributed by atoms with Crippen LogP contribution in [-0.2, 0) is 11.2 Å². The van der Waals surface area contributed by atoms with E-state index in [2.05, 4.69) is 10.7 Å². The highest BCUT2D eigenvalue weighted by atomic mass is 32.1. The molecule has 1 unspecified atom stereocenters. The van der Waals surface area contributed by atoms with Gasteiger partial charge in [0.1, 0.15) is 11.8 Å². The molecule has 3 rings (SSSR count). The Balaban J connectivity index is 1.61. The van der Waals surface area contributed by atoms with Crippen molar-refractivity contribution in [1.82, 2.24) is 10.2 Å². The third-order valence-corrected chi connectivity index (χ3v) is 4.98. The summed E-state index contributed by atoms with van der Waals surface area (Å²) in [6, 6.07) is 8.03. The molecule has 1 aliphatic heterocycles. The van der Waals surface area contributed by atoms with Crippen molar-refractivity contribution in [3.8, 4) is 5.75 Å². The number of nitrogens with zero attached hydrogens (tertiary/aromatic N) is 1. The molecule has 1 fully saturated rings. The number of carbonyl (C=O) groups excluding carboxylic acids is 2. The van der Waals surface area contributed by atoms with Crippen LogP contribution in [-0.4, -0.2) is 41.0 Å². The van der Waals surface area contributed by atoms with Crippen molar-refractivity contribution >= 4 is 23.2 Å². The van der Waals surface area contributed by atoms with Gasteiger partial charge in [0.2, 0.25) is 5.91 Å². The smallest absolute Gasteiger partial charge is 0.258 e. The topological polar surface area (TPSA) is 69.6 Å². The predicted octanol–water partition coefficient (Wildman–Crippen LogP) is 2.42. The highest BCUT2D eigenvalue weighted by Gasteiger charge is 2.35. The standard InChI is InChI=1S/C18H20N2O3S/c21-16-6-2-1-4-14(16)18(23)20-10-3-5-15(20)17(22)19-9-7-13-8-11-24-12-13/h1-2,4,6,8,11-12,15,21H,3,5,7,9-10H2,(H,19,22). The van der Waals surface area contributed by atoms with Crippen LogP contribution in [0.3, 0.4) is 0 Å². The average molecular weight is 344 g/mol. The van der Waals surface area contributed by atoms with Crippen molar-refractivity contribution in [2.24, 2.45) is 0 Å². The Labute approximate surface area is 144 Å². The number of para-hydroxylation sites is 1. The quantitative estimate of drug-likeness (QED) is 0.875. The number of phenols is 1. The maximum Gasteiger partial charge on any atom is 0.258 e. The zero-order valence-electron chi connectivity index (χ0n) is 13.3. The van der Waals surface area contributed by atoms with Crippen molar-refractivity contribution in [3.63, 3.8) is 0 Å². The van der Waals surface area contributed by atoms with Crippen LogP contribution in [0.25, 0.3) is 0 Å². The molecule has 2 N–H and O–H groups in total. The number of carbonyl (C=O) groups is 2. The van der Waals surface area contributed by atoms with E-state index in [1.807, 2.05) is 11.4 Å². The summed E-state index contributed by atoms with van der Waals surface area (Å²) in [5.41, 5.74) is 1.45. The SMILES string of the molecule is O=C(NCCc1ccsc1)C1CCCN1C(=O)c1ccccc1O. The number of hydrogen-bond donors (Lipinski definition) is 2. The fraction of sp³-hybridized carbons (Fsp3) is 0.333. The lowest BCUT2D eigenvalue weighted by Gasteiger charge is -2.24. The molecule has 2 aromatic rings. The molecule has 0 spiro atoms. The van der Waals surface area contributed by atoms with E-state index in [0.717, 1.165) is 12.8 Å². The first-order valence-electron chi connectivity index (χ1n) is 8.04. The van der Waals surface area contributed by atoms with Gasteiger partial charge in [-0.2, -0.15) is 11.3 Å². The lowest BCUT2D eigenvalue weighted by molar-refractivity contribution is -0.124. The van der Waals surface area contributed by atoms with Crippen LogP contribution in [0, 0.1) is 0 Å². The molecule has 2 heterocycles. The lowest BCUT2D eigenvalue weighted by atomic mass is 10.1. The number of thiophene rings is 1. The van der Waals surface area contributed by atoms with E-state index in [0.29, 0.717) is 19.5 Å². The zero-order chi connectivity index (χ0) is 16.9. The lowest BCUT2D eigenvalue weighted by Crippen LogP contribution is -2.46. The molecule has 1 aromatic heterocycles. The van der Waals surface area contributed by atoms with E-state index >= 15 is 0 Å². The van der Waals surface area contributed by atoms with Crippen LogP contribution in [0.5, 0.6) is 5.75 Å². The Morgan fingerprint density at radius 3 is 2.88 bits per heavy atom. The summed E-state index contributed by atoms with van der Waals surface area (Å²) in [5, 5.41) is 16.9. The number of benzene rings is 1. The van der Waals surface area contributed by atoms with Crippen LogP contribution in [0.1, 0.15) is 28.8 Å². The van der Waals surface area contributed by atoms with Gasteiger partial charge in [0.25, 0.3) is 5.91 Å². The molecule has 2 amide bonds. The minimum absolute atomic E-state index is 0.0500. The maximum absolute atomic E-state index is 12.6. The highest BCUT2D eigenvalue weighted by molar-refractivity contribution is 7.07. The van der Waals surface area contributed by atoms with Gasteiger partial charge in [0, 0.05) is 13.1 Å². The third kappa shape index (κ3) is 3.59. The zero-order valence-corrected chi connectivity index (χ0v) is 14.1. The first kappa shape index (κ1) is 16.5. The van der Waals surface area contributed by atoms with E-state index in [4.69, 9.17) is 0 Å². The van der Waals surface area contributed by atoms with Gasteiger partial charge in [0.15, 0.2) is 0 Å². The second-order valence-electron chi connectivity index (χ2n) is 5.85. The van der Waals surface area contributed by atoms with Gasteiger partial charge in [0.05, 0.1) is 5.56 Å². The summed E-state index contributed by atoms with van der Waals surface area (Å²) in [5.74, 6) is -0.457. The van der Waals surface area contributed by atoms with E-state index in [-0.39, 0.29) is 23.1 Å². The van der Waals surface area contributed by atoms with Gasteiger partial charge in [-0.15, -0.1) is 0 Å². The Kier molecular flexibility index (Phi) is 5.15. The van der Waals surface area contributed by atoms with Crippen molar-refractivity contribution in [2.45, 2.75) is 25.3 Å². The Hall–Kier alpha value is -2.34. The van der Waals surface area contributed by atoms with Gasteiger partial charge < -0.3 is 15.3 Å². The molecule has 5 nitrogen and oxygen atoms in total. The van der Waals surface area contributed by atoms with Crippen molar-refractivity contribution in [1.29, 1.82) is 0 Å². The van der Waals surface area contributed by atoms with Crippen molar-refractivity contribution in [3.05, 3.63) is 52.2 Å². The summed E-state index contributed by atoms with van der Waals surface area (Å²) in [6.45, 7) is 1.10. The molecule has 1 aromatic carbocycles. The highest BCUT2D eigenvalue weighted by Crippen LogP contribution is 2.24. The monoisotopic (exact) mass is 344 g/mol. The van der Waals surface area contributed by atoms with Crippen LogP contribution < -0.4 is 5.32 Å². The molecule has 0 saturated carbocycles. The van der Waals surface area contributed by atoms with Crippen molar-refractivity contribution in [2.75, 3.05) is 13.1 Å². The van der Waals surface area contributed by atoms with E-state index in [1.54, 1.807) is 34.4 Å². The summed E-state index contributed by atoms with van der Waals surface area (Å²) < 4.78 is 0. The molecule has 126 valence electrons. The first-order chi connectivity index (χ1) is 11.7. The largest absolute Gasteiger partial charge is 0.507 e. The average Bonchev–Trinajstić information content (AvgIpc) is 3.26. The molecule has 6 heteroatoms. The molecule has 0 bridgehead atoms. The fourth-order valence-corrected chi connectivity index (χ4v) is 3.68. The van der Waals surface area contributed by atoms with Crippen molar-refractivity contribution < 1.29 is 14.7 Å². The number of likely N-dealkylation sites (tertiary alicyclic amines) is 1. The number of rotatable bonds is 5. The Morgan fingerprint density at radius 2 is 2.12 bits per heavy atom. The van der Waals surface area contributed by atoms with Gasteiger partial charge in [-0.3, -0.25) is 9.59 Å². The third-order valence-electron chi connectivity index (χ3n) is 4.24. The minimum atomic E-state index is -0.459. The summed E-state index contributed by atoms with van der Waals surface area (Å²) in [6.07, 6.45) is 2.24. The van der Waals surface area contributed by atoms with Crippen LogP contribution >= 0.6 is 11.3 Å². The Morgan fingerprint density at radius 1 is 1.29 bits per heavy atom. The maximum atomic E-state index is 12.6. The van der Waals surface area contributed by atoms with Crippen LogP contribution in [0.2, 0.25) is 0 Å². The summed E-state index contributed by atoms with van der Waals surface area (Å²) in [4.78, 5) is 26.6. The summed E-state index contributed by atoms with van der Waals surface area (Å²) >= 11 is 1.64. The van der Waals surface area contributed by atoms with Crippen LogP contribution in [0.4, 0.5) is 0 Å². The summed E-state index contributed by atoms with van der Waals surface area (Å²) in [7, 11) is 0. The molecule has 1 saturated heterocycles. The first-order valence-corrected chi connectivity index (χ1v) is 8.99. The molecule has 1 aliphatic rings. The van der Waals surface area contributed by atoms with Gasteiger partial charge in [-0.05, 0) is 53.8 Å². The second-order valence-corrected chi connectivity index (χ2v) is 6.63. The molecular formula is C18H20N2O3S. The predicted molar refractivity (Wildman–Crippen MR) is 93.2 cm³/mol. The normalized spacial score (nSPS) is 17.0. The molecule has 0 aliphatic carbocycles. The fourth-order valence-electron chi connectivity index (χ4n) is 2.97. The molecule has 24 heavy (non-hydrogen) atoms. The minimum Gasteiger partial charge on any atom is -0.507 e. The van der Waals surface area contributed by atoms with Gasteiger partial charge in [-0.25, -0.2) is 0 Å². The molecule has 0 radical (unpaired) electrons. The van der Waals surface area contributed by atoms with E-state index < -0.39 is 6.04 Å². The molecule has 1 atom stereocenters. The molecular weight excluding hydrogens is 324 g/mol. The van der Waals surface area contributed by atoms with E-state index in [1.165, 1.54) is 11.6 Å². The number of hydrogen-bond acceptors (Lipinski definition) is 4. The van der Waals surface area contributed by atoms with Gasteiger partial charge in [-0.1, -0.05) is 12.1 Å².